The predicted octanol–water partition coefficient (Wildman–Crippen LogP) is 3.30. The molecule has 0 bridgehead atoms. The summed E-state index contributed by atoms with van der Waals surface area (Å²) in [5, 5.41) is 0. The van der Waals surface area contributed by atoms with Gasteiger partial charge in [0.1, 0.15) is 0 Å². The number of allylic oxidation sites excluding steroid dienone is 2. The van der Waals surface area contributed by atoms with E-state index < -0.39 is 0 Å². The average molecular weight is 202 g/mol. The second-order valence-electron chi connectivity index (χ2n) is 4.02. The van der Waals surface area contributed by atoms with Crippen molar-refractivity contribution in [2.45, 2.75) is 34.1 Å². The first kappa shape index (κ1) is 11.7. The van der Waals surface area contributed by atoms with Gasteiger partial charge in [-0.1, -0.05) is 23.8 Å². The van der Waals surface area contributed by atoms with E-state index in [1.165, 1.54) is 22.3 Å². The number of hydrogen-bond acceptors (Lipinski definition) is 1. The molecule has 0 radical (unpaired) electrons. The van der Waals surface area contributed by atoms with E-state index in [4.69, 9.17) is 0 Å². The number of hydrogen-bond donors (Lipinski definition) is 0. The lowest BCUT2D eigenvalue weighted by Gasteiger charge is -2.09. The highest BCUT2D eigenvalue weighted by atomic mass is 16.1. The molecule has 80 valence electrons. The minimum atomic E-state index is 0.174. The molecule has 0 aromatic heterocycles. The monoisotopic (exact) mass is 202 g/mol. The minimum Gasteiger partial charge on any atom is -0.294 e. The van der Waals surface area contributed by atoms with E-state index in [0.717, 1.165) is 0 Å². The molecule has 1 aromatic carbocycles. The van der Waals surface area contributed by atoms with Crippen LogP contribution in [0.2, 0.25) is 0 Å². The summed E-state index contributed by atoms with van der Waals surface area (Å²) in [6, 6.07) is 4.26. The third-order valence-corrected chi connectivity index (χ3v) is 2.54. The molecule has 0 aliphatic heterocycles. The Balaban J connectivity index is 3.00. The molecule has 1 nitrogen and oxygen atoms in total. The number of benzene rings is 1. The van der Waals surface area contributed by atoms with Crippen LogP contribution in [0.1, 0.15) is 29.2 Å². The molecular weight excluding hydrogens is 184 g/mol. The first-order valence-electron chi connectivity index (χ1n) is 5.27. The Kier molecular flexibility index (Phi) is 3.84. The minimum absolute atomic E-state index is 0.174. The predicted molar refractivity (Wildman–Crippen MR) is 64.2 cm³/mol. The van der Waals surface area contributed by atoms with Crippen molar-refractivity contribution >= 4 is 5.78 Å². The van der Waals surface area contributed by atoms with Crippen molar-refractivity contribution in [1.82, 2.24) is 0 Å². The van der Waals surface area contributed by atoms with Crippen molar-refractivity contribution in [2.24, 2.45) is 0 Å². The van der Waals surface area contributed by atoms with Crippen LogP contribution in [0.5, 0.6) is 0 Å². The number of carbonyl (C=O) groups excluding carboxylic acids is 1. The highest BCUT2D eigenvalue weighted by molar-refractivity contribution is 5.91. The van der Waals surface area contributed by atoms with Crippen LogP contribution in [-0.4, -0.2) is 5.78 Å². The molecule has 1 heteroatoms. The van der Waals surface area contributed by atoms with Gasteiger partial charge < -0.3 is 0 Å². The Morgan fingerprint density at radius 3 is 2.20 bits per heavy atom. The summed E-state index contributed by atoms with van der Waals surface area (Å²) in [5.74, 6) is 0.174. The molecule has 0 saturated heterocycles. The van der Waals surface area contributed by atoms with Crippen LogP contribution in [0.4, 0.5) is 0 Å². The van der Waals surface area contributed by atoms with Crippen LogP contribution >= 0.6 is 0 Å². The van der Waals surface area contributed by atoms with Crippen molar-refractivity contribution < 1.29 is 4.79 Å². The van der Waals surface area contributed by atoms with E-state index in [0.29, 0.717) is 6.42 Å². The zero-order chi connectivity index (χ0) is 11.4. The summed E-state index contributed by atoms with van der Waals surface area (Å²) in [7, 11) is 0. The summed E-state index contributed by atoms with van der Waals surface area (Å²) in [5.41, 5.74) is 4.85. The standard InChI is InChI=1S/C14H18O/c1-5-6-13(15)9-14-11(3)7-10(2)8-12(14)4/h5-8H,9H2,1-4H3/b6-5+. The highest BCUT2D eigenvalue weighted by Crippen LogP contribution is 2.17. The van der Waals surface area contributed by atoms with E-state index in [1.807, 2.05) is 6.92 Å². The normalized spacial score (nSPS) is 10.9. The van der Waals surface area contributed by atoms with Crippen LogP contribution in [0.25, 0.3) is 0 Å². The molecule has 0 atom stereocenters. The van der Waals surface area contributed by atoms with Crippen molar-refractivity contribution in [3.05, 3.63) is 46.5 Å². The molecular formula is C14H18O. The zero-order valence-electron chi connectivity index (χ0n) is 9.92. The molecule has 15 heavy (non-hydrogen) atoms. The summed E-state index contributed by atoms with van der Waals surface area (Å²) < 4.78 is 0. The molecule has 0 aliphatic rings. The van der Waals surface area contributed by atoms with Gasteiger partial charge in [-0.25, -0.2) is 0 Å². The van der Waals surface area contributed by atoms with E-state index in [1.54, 1.807) is 12.2 Å². The molecule has 0 saturated carbocycles. The van der Waals surface area contributed by atoms with E-state index in [-0.39, 0.29) is 5.78 Å². The lowest BCUT2D eigenvalue weighted by Crippen LogP contribution is -2.03. The van der Waals surface area contributed by atoms with Gasteiger partial charge in [0.05, 0.1) is 0 Å². The van der Waals surface area contributed by atoms with Crippen LogP contribution in [0.15, 0.2) is 24.3 Å². The van der Waals surface area contributed by atoms with Crippen molar-refractivity contribution in [3.63, 3.8) is 0 Å². The van der Waals surface area contributed by atoms with Gasteiger partial charge in [-0.15, -0.1) is 0 Å². The maximum Gasteiger partial charge on any atom is 0.159 e. The molecule has 1 aromatic rings. The Morgan fingerprint density at radius 1 is 1.20 bits per heavy atom. The van der Waals surface area contributed by atoms with E-state index in [9.17, 15) is 4.79 Å². The SMILES string of the molecule is C/C=C/C(=O)Cc1c(C)cc(C)cc1C. The first-order chi connectivity index (χ1) is 7.04. The number of ketones is 1. The quantitative estimate of drug-likeness (QED) is 0.687. The smallest absolute Gasteiger partial charge is 0.159 e. The van der Waals surface area contributed by atoms with Crippen molar-refractivity contribution in [1.29, 1.82) is 0 Å². The molecule has 0 amide bonds. The van der Waals surface area contributed by atoms with Gasteiger partial charge >= 0.3 is 0 Å². The summed E-state index contributed by atoms with van der Waals surface area (Å²) in [4.78, 5) is 11.5. The third-order valence-electron chi connectivity index (χ3n) is 2.54. The molecule has 0 heterocycles. The molecule has 0 unspecified atom stereocenters. The Bertz CT molecular complexity index is 377. The Morgan fingerprint density at radius 2 is 1.73 bits per heavy atom. The summed E-state index contributed by atoms with van der Waals surface area (Å²) in [6.45, 7) is 8.08. The second-order valence-corrected chi connectivity index (χ2v) is 4.02. The molecule has 0 spiro atoms. The zero-order valence-corrected chi connectivity index (χ0v) is 9.92. The molecule has 0 fully saturated rings. The lowest BCUT2D eigenvalue weighted by atomic mass is 9.96. The van der Waals surface area contributed by atoms with E-state index >= 15 is 0 Å². The van der Waals surface area contributed by atoms with Crippen molar-refractivity contribution in [3.8, 4) is 0 Å². The maximum atomic E-state index is 11.5. The van der Waals surface area contributed by atoms with E-state index in [2.05, 4.69) is 32.9 Å². The van der Waals surface area contributed by atoms with Gasteiger partial charge in [-0.05, 0) is 50.5 Å². The Hall–Kier alpha value is -1.37. The topological polar surface area (TPSA) is 17.1 Å². The fourth-order valence-corrected chi connectivity index (χ4v) is 1.91. The van der Waals surface area contributed by atoms with Crippen LogP contribution in [-0.2, 0) is 11.2 Å². The third kappa shape index (κ3) is 3.05. The largest absolute Gasteiger partial charge is 0.294 e. The number of carbonyl (C=O) groups is 1. The molecule has 1 rings (SSSR count). The first-order valence-corrected chi connectivity index (χ1v) is 5.27. The van der Waals surface area contributed by atoms with Crippen molar-refractivity contribution in [2.75, 3.05) is 0 Å². The number of aryl methyl sites for hydroxylation is 3. The average Bonchev–Trinajstić information content (AvgIpc) is 2.11. The van der Waals surface area contributed by atoms with Crippen LogP contribution in [0.3, 0.4) is 0 Å². The fourth-order valence-electron chi connectivity index (χ4n) is 1.91. The Labute approximate surface area is 91.8 Å². The van der Waals surface area contributed by atoms with Gasteiger partial charge in [0.15, 0.2) is 5.78 Å². The van der Waals surface area contributed by atoms with Gasteiger partial charge in [-0.3, -0.25) is 4.79 Å². The van der Waals surface area contributed by atoms with Gasteiger partial charge in [0, 0.05) is 6.42 Å². The van der Waals surface area contributed by atoms with Gasteiger partial charge in [0.25, 0.3) is 0 Å². The summed E-state index contributed by atoms with van der Waals surface area (Å²) >= 11 is 0. The molecule has 0 aliphatic carbocycles. The second kappa shape index (κ2) is 4.92. The highest BCUT2D eigenvalue weighted by Gasteiger charge is 2.06. The van der Waals surface area contributed by atoms with Crippen LogP contribution in [0, 0.1) is 20.8 Å². The molecule has 0 N–H and O–H groups in total. The lowest BCUT2D eigenvalue weighted by molar-refractivity contribution is -0.114. The van der Waals surface area contributed by atoms with Gasteiger partial charge in [0.2, 0.25) is 0 Å². The number of rotatable bonds is 3. The summed E-state index contributed by atoms with van der Waals surface area (Å²) in [6.07, 6.45) is 3.95. The maximum absolute atomic E-state index is 11.5. The van der Waals surface area contributed by atoms with Gasteiger partial charge in [-0.2, -0.15) is 0 Å². The fraction of sp³-hybridized carbons (Fsp3) is 0.357. The van der Waals surface area contributed by atoms with Crippen LogP contribution < -0.4 is 0 Å².